The van der Waals surface area contributed by atoms with Crippen LogP contribution in [0.25, 0.3) is 0 Å². The average molecular weight is 223 g/mol. The first-order valence-corrected chi connectivity index (χ1v) is 6.29. The van der Waals surface area contributed by atoms with Gasteiger partial charge in [0.1, 0.15) is 0 Å². The molecule has 0 saturated carbocycles. The number of hydrogen-bond acceptors (Lipinski definition) is 4. The summed E-state index contributed by atoms with van der Waals surface area (Å²) in [6.45, 7) is 5.45. The second-order valence-corrected chi connectivity index (χ2v) is 5.05. The van der Waals surface area contributed by atoms with E-state index >= 15 is 0 Å². The van der Waals surface area contributed by atoms with E-state index in [4.69, 9.17) is 4.52 Å². The van der Waals surface area contributed by atoms with Crippen LogP contribution in [0.15, 0.2) is 4.52 Å². The third kappa shape index (κ3) is 3.30. The fourth-order valence-electron chi connectivity index (χ4n) is 2.13. The quantitative estimate of drug-likeness (QED) is 0.847. The van der Waals surface area contributed by atoms with E-state index in [2.05, 4.69) is 29.3 Å². The van der Waals surface area contributed by atoms with Crippen molar-refractivity contribution in [1.29, 1.82) is 0 Å². The summed E-state index contributed by atoms with van der Waals surface area (Å²) in [6, 6.07) is 0.529. The molecule has 1 aliphatic heterocycles. The molecule has 0 spiro atoms. The van der Waals surface area contributed by atoms with Crippen LogP contribution in [0.1, 0.15) is 44.8 Å². The highest BCUT2D eigenvalue weighted by Gasteiger charge is 2.16. The maximum atomic E-state index is 5.27. The molecule has 1 N–H and O–H groups in total. The molecule has 1 aromatic heterocycles. The number of rotatable bonds is 4. The summed E-state index contributed by atoms with van der Waals surface area (Å²) in [5.74, 6) is 2.22. The van der Waals surface area contributed by atoms with Gasteiger partial charge in [0.2, 0.25) is 5.89 Å². The normalized spacial score (nSPS) is 21.6. The number of piperidine rings is 1. The van der Waals surface area contributed by atoms with Crippen molar-refractivity contribution in [2.75, 3.05) is 6.54 Å². The van der Waals surface area contributed by atoms with Gasteiger partial charge in [0.15, 0.2) is 5.82 Å². The van der Waals surface area contributed by atoms with Crippen LogP contribution in [0.5, 0.6) is 0 Å². The molecule has 1 fully saturated rings. The van der Waals surface area contributed by atoms with Gasteiger partial charge in [0, 0.05) is 18.9 Å². The Morgan fingerprint density at radius 2 is 2.31 bits per heavy atom. The Balaban J connectivity index is 1.86. The molecule has 0 aromatic carbocycles. The van der Waals surface area contributed by atoms with Crippen molar-refractivity contribution in [1.82, 2.24) is 15.5 Å². The molecular formula is C12H21N3O. The third-order valence-electron chi connectivity index (χ3n) is 2.93. The maximum absolute atomic E-state index is 5.27. The standard InChI is InChI=1S/C12H21N3O/c1-9(2)7-11-14-12(16-15-11)8-10-5-3-4-6-13-10/h9-10,13H,3-8H2,1-2H3. The van der Waals surface area contributed by atoms with Crippen LogP contribution in [0.2, 0.25) is 0 Å². The molecule has 90 valence electrons. The first-order valence-electron chi connectivity index (χ1n) is 6.29. The zero-order valence-electron chi connectivity index (χ0n) is 10.2. The van der Waals surface area contributed by atoms with Gasteiger partial charge in [-0.25, -0.2) is 0 Å². The van der Waals surface area contributed by atoms with E-state index in [0.29, 0.717) is 12.0 Å². The summed E-state index contributed by atoms with van der Waals surface area (Å²) in [5, 5.41) is 7.50. The Morgan fingerprint density at radius 3 is 3.00 bits per heavy atom. The summed E-state index contributed by atoms with van der Waals surface area (Å²) in [7, 11) is 0. The monoisotopic (exact) mass is 223 g/mol. The number of aromatic nitrogens is 2. The molecule has 0 amide bonds. The Labute approximate surface area is 96.8 Å². The minimum Gasteiger partial charge on any atom is -0.339 e. The minimum absolute atomic E-state index is 0.529. The lowest BCUT2D eigenvalue weighted by Crippen LogP contribution is -2.35. The fraction of sp³-hybridized carbons (Fsp3) is 0.833. The maximum Gasteiger partial charge on any atom is 0.228 e. The van der Waals surface area contributed by atoms with Crippen LogP contribution in [0, 0.1) is 5.92 Å². The second kappa shape index (κ2) is 5.43. The van der Waals surface area contributed by atoms with Gasteiger partial charge in [0.25, 0.3) is 0 Å². The summed E-state index contributed by atoms with van der Waals surface area (Å²) >= 11 is 0. The van der Waals surface area contributed by atoms with Crippen LogP contribution in [-0.2, 0) is 12.8 Å². The highest BCUT2D eigenvalue weighted by molar-refractivity contribution is 4.91. The minimum atomic E-state index is 0.529. The van der Waals surface area contributed by atoms with Gasteiger partial charge in [-0.2, -0.15) is 4.98 Å². The molecule has 16 heavy (non-hydrogen) atoms. The molecule has 2 heterocycles. The molecule has 2 rings (SSSR count). The molecule has 1 aliphatic rings. The molecule has 0 aliphatic carbocycles. The SMILES string of the molecule is CC(C)Cc1noc(CC2CCCCN2)n1. The van der Waals surface area contributed by atoms with Crippen LogP contribution in [0.4, 0.5) is 0 Å². The van der Waals surface area contributed by atoms with E-state index in [1.54, 1.807) is 0 Å². The van der Waals surface area contributed by atoms with Gasteiger partial charge >= 0.3 is 0 Å². The lowest BCUT2D eigenvalue weighted by atomic mass is 10.0. The molecule has 0 radical (unpaired) electrons. The van der Waals surface area contributed by atoms with Gasteiger partial charge in [0.05, 0.1) is 0 Å². The lowest BCUT2D eigenvalue weighted by Gasteiger charge is -2.21. The van der Waals surface area contributed by atoms with E-state index in [1.165, 1.54) is 19.3 Å². The zero-order valence-corrected chi connectivity index (χ0v) is 10.2. The highest BCUT2D eigenvalue weighted by Crippen LogP contribution is 2.12. The summed E-state index contributed by atoms with van der Waals surface area (Å²) in [4.78, 5) is 4.43. The third-order valence-corrected chi connectivity index (χ3v) is 2.93. The van der Waals surface area contributed by atoms with Crippen molar-refractivity contribution in [3.8, 4) is 0 Å². The van der Waals surface area contributed by atoms with E-state index in [-0.39, 0.29) is 0 Å². The lowest BCUT2D eigenvalue weighted by molar-refractivity contribution is 0.329. The summed E-state index contributed by atoms with van der Waals surface area (Å²) < 4.78 is 5.27. The Hall–Kier alpha value is -0.900. The van der Waals surface area contributed by atoms with Crippen molar-refractivity contribution >= 4 is 0 Å². The van der Waals surface area contributed by atoms with Crippen molar-refractivity contribution in [3.63, 3.8) is 0 Å². The predicted molar refractivity (Wildman–Crippen MR) is 62.2 cm³/mol. The largest absolute Gasteiger partial charge is 0.339 e. The van der Waals surface area contributed by atoms with E-state index < -0.39 is 0 Å². The molecule has 1 aromatic rings. The Morgan fingerprint density at radius 1 is 1.44 bits per heavy atom. The van der Waals surface area contributed by atoms with Crippen LogP contribution < -0.4 is 5.32 Å². The molecule has 0 bridgehead atoms. The topological polar surface area (TPSA) is 51.0 Å². The molecule has 4 heteroatoms. The van der Waals surface area contributed by atoms with Crippen molar-refractivity contribution in [2.24, 2.45) is 5.92 Å². The molecule has 1 atom stereocenters. The zero-order chi connectivity index (χ0) is 11.4. The number of hydrogen-bond donors (Lipinski definition) is 1. The molecule has 1 unspecified atom stereocenters. The van der Waals surface area contributed by atoms with Crippen molar-refractivity contribution in [2.45, 2.75) is 52.0 Å². The predicted octanol–water partition coefficient (Wildman–Crippen LogP) is 1.95. The Bertz CT molecular complexity index is 316. The van der Waals surface area contributed by atoms with Gasteiger partial charge in [-0.05, 0) is 25.3 Å². The van der Waals surface area contributed by atoms with Gasteiger partial charge in [-0.1, -0.05) is 25.4 Å². The van der Waals surface area contributed by atoms with E-state index in [9.17, 15) is 0 Å². The smallest absolute Gasteiger partial charge is 0.228 e. The van der Waals surface area contributed by atoms with Gasteiger partial charge in [-0.15, -0.1) is 0 Å². The molecular weight excluding hydrogens is 202 g/mol. The van der Waals surface area contributed by atoms with Gasteiger partial charge < -0.3 is 9.84 Å². The highest BCUT2D eigenvalue weighted by atomic mass is 16.5. The fourth-order valence-corrected chi connectivity index (χ4v) is 2.13. The van der Waals surface area contributed by atoms with Crippen molar-refractivity contribution in [3.05, 3.63) is 11.7 Å². The van der Waals surface area contributed by atoms with Crippen molar-refractivity contribution < 1.29 is 4.52 Å². The van der Waals surface area contributed by atoms with Crippen LogP contribution in [-0.4, -0.2) is 22.7 Å². The summed E-state index contributed by atoms with van der Waals surface area (Å²) in [5.41, 5.74) is 0. The first-order chi connectivity index (χ1) is 7.74. The second-order valence-electron chi connectivity index (χ2n) is 5.05. The van der Waals surface area contributed by atoms with E-state index in [1.807, 2.05) is 0 Å². The van der Waals surface area contributed by atoms with E-state index in [0.717, 1.165) is 31.1 Å². The van der Waals surface area contributed by atoms with Crippen LogP contribution in [0.3, 0.4) is 0 Å². The number of nitrogens with zero attached hydrogens (tertiary/aromatic N) is 2. The Kier molecular flexibility index (Phi) is 3.93. The first kappa shape index (κ1) is 11.6. The molecule has 4 nitrogen and oxygen atoms in total. The summed E-state index contributed by atoms with van der Waals surface area (Å²) in [6.07, 6.45) is 5.61. The number of nitrogens with one attached hydrogen (secondary N) is 1. The average Bonchev–Trinajstić information content (AvgIpc) is 2.66. The molecule has 1 saturated heterocycles. The van der Waals surface area contributed by atoms with Gasteiger partial charge in [-0.3, -0.25) is 0 Å². The van der Waals surface area contributed by atoms with Crippen LogP contribution >= 0.6 is 0 Å².